The molecule has 3 rings (SSSR count). The minimum Gasteiger partial charge on any atom is -0.378 e. The number of rotatable bonds is 3. The third-order valence-corrected chi connectivity index (χ3v) is 5.06. The average molecular weight is 265 g/mol. The first-order chi connectivity index (χ1) is 9.34. The minimum absolute atomic E-state index is 0.734. The van der Waals surface area contributed by atoms with Crippen LogP contribution in [-0.4, -0.2) is 43.7 Å². The Morgan fingerprint density at radius 2 is 1.89 bits per heavy atom. The second-order valence-corrected chi connectivity index (χ2v) is 6.36. The topological polar surface area (TPSA) is 50.8 Å². The summed E-state index contributed by atoms with van der Waals surface area (Å²) in [6.07, 6.45) is 8.67. The van der Waals surface area contributed by atoms with Crippen molar-refractivity contribution < 1.29 is 4.74 Å². The average Bonchev–Trinajstić information content (AvgIpc) is 3.26. The van der Waals surface area contributed by atoms with Crippen LogP contribution in [-0.2, 0) is 4.74 Å². The van der Waals surface area contributed by atoms with Crippen LogP contribution < -0.4 is 5.73 Å². The summed E-state index contributed by atoms with van der Waals surface area (Å²) >= 11 is 0. The van der Waals surface area contributed by atoms with E-state index >= 15 is 0 Å². The molecule has 0 amide bonds. The third-order valence-electron chi connectivity index (χ3n) is 5.06. The molecule has 0 bridgehead atoms. The Kier molecular flexibility index (Phi) is 4.26. The molecule has 0 aromatic heterocycles. The molecule has 1 saturated heterocycles. The lowest BCUT2D eigenvalue weighted by Crippen LogP contribution is -2.44. The molecular weight excluding hydrogens is 238 g/mol. The molecule has 0 aromatic rings. The number of ether oxygens (including phenoxy) is 1. The van der Waals surface area contributed by atoms with Crippen molar-refractivity contribution in [3.8, 4) is 0 Å². The Bertz CT molecular complexity index is 319. The van der Waals surface area contributed by atoms with Crippen molar-refractivity contribution in [3.05, 3.63) is 0 Å². The molecule has 4 nitrogen and oxygen atoms in total. The van der Waals surface area contributed by atoms with Crippen LogP contribution in [0.2, 0.25) is 0 Å². The van der Waals surface area contributed by atoms with E-state index in [4.69, 9.17) is 10.5 Å². The lowest BCUT2D eigenvalue weighted by atomic mass is 9.85. The lowest BCUT2D eigenvalue weighted by molar-refractivity contribution is 0.0674. The van der Waals surface area contributed by atoms with Gasteiger partial charge in [-0.25, -0.2) is 0 Å². The monoisotopic (exact) mass is 265 g/mol. The maximum absolute atomic E-state index is 6.07. The summed E-state index contributed by atoms with van der Waals surface area (Å²) in [5, 5.41) is 0. The van der Waals surface area contributed by atoms with Crippen molar-refractivity contribution in [1.29, 1.82) is 0 Å². The van der Waals surface area contributed by atoms with Gasteiger partial charge in [0.15, 0.2) is 5.96 Å². The van der Waals surface area contributed by atoms with Gasteiger partial charge < -0.3 is 15.4 Å². The molecule has 3 aliphatic rings. The second kappa shape index (κ2) is 6.12. The highest BCUT2D eigenvalue weighted by atomic mass is 16.5. The van der Waals surface area contributed by atoms with E-state index in [0.29, 0.717) is 0 Å². The van der Waals surface area contributed by atoms with E-state index in [1.807, 2.05) is 0 Å². The summed E-state index contributed by atoms with van der Waals surface area (Å²) in [5.41, 5.74) is 6.07. The van der Waals surface area contributed by atoms with Gasteiger partial charge in [-0.1, -0.05) is 32.1 Å². The highest BCUT2D eigenvalue weighted by molar-refractivity contribution is 5.78. The van der Waals surface area contributed by atoms with Crippen LogP contribution in [0.1, 0.15) is 38.5 Å². The smallest absolute Gasteiger partial charge is 0.191 e. The first-order valence-electron chi connectivity index (χ1n) is 7.97. The quantitative estimate of drug-likeness (QED) is 0.626. The summed E-state index contributed by atoms with van der Waals surface area (Å²) in [6, 6.07) is 0. The Hall–Kier alpha value is -0.770. The highest BCUT2D eigenvalue weighted by Gasteiger charge is 2.42. The molecule has 2 atom stereocenters. The third kappa shape index (κ3) is 3.41. The van der Waals surface area contributed by atoms with E-state index in [1.165, 1.54) is 38.5 Å². The van der Waals surface area contributed by atoms with E-state index in [-0.39, 0.29) is 0 Å². The molecule has 0 spiro atoms. The zero-order valence-electron chi connectivity index (χ0n) is 11.9. The van der Waals surface area contributed by atoms with Gasteiger partial charge in [0.05, 0.1) is 13.2 Å². The molecule has 1 aliphatic heterocycles. The van der Waals surface area contributed by atoms with Gasteiger partial charge in [0, 0.05) is 19.6 Å². The normalized spacial score (nSPS) is 33.5. The molecule has 2 saturated carbocycles. The van der Waals surface area contributed by atoms with Crippen LogP contribution in [0, 0.1) is 17.8 Å². The molecule has 0 aromatic carbocycles. The van der Waals surface area contributed by atoms with Crippen molar-refractivity contribution in [2.45, 2.75) is 38.5 Å². The van der Waals surface area contributed by atoms with E-state index in [9.17, 15) is 0 Å². The summed E-state index contributed by atoms with van der Waals surface area (Å²) in [4.78, 5) is 6.77. The fraction of sp³-hybridized carbons (Fsp3) is 0.933. The molecule has 2 aliphatic carbocycles. The maximum Gasteiger partial charge on any atom is 0.191 e. The molecule has 108 valence electrons. The van der Waals surface area contributed by atoms with E-state index in [2.05, 4.69) is 9.89 Å². The van der Waals surface area contributed by atoms with Crippen LogP contribution in [0.5, 0.6) is 0 Å². The zero-order chi connectivity index (χ0) is 13.1. The Morgan fingerprint density at radius 1 is 1.16 bits per heavy atom. The van der Waals surface area contributed by atoms with Crippen LogP contribution >= 0.6 is 0 Å². The van der Waals surface area contributed by atoms with Gasteiger partial charge >= 0.3 is 0 Å². The van der Waals surface area contributed by atoms with Crippen molar-refractivity contribution in [2.75, 3.05) is 32.8 Å². The lowest BCUT2D eigenvalue weighted by Gasteiger charge is -2.27. The van der Waals surface area contributed by atoms with Crippen molar-refractivity contribution >= 4 is 5.96 Å². The van der Waals surface area contributed by atoms with Gasteiger partial charge in [-0.05, 0) is 24.2 Å². The van der Waals surface area contributed by atoms with Crippen LogP contribution in [0.25, 0.3) is 0 Å². The molecule has 0 radical (unpaired) electrons. The molecule has 4 heteroatoms. The standard InChI is InChI=1S/C15H27N3O/c16-15(18-6-8-19-9-7-18)17-11-13-10-14(13)12-4-2-1-3-5-12/h12-14H,1-11H2,(H2,16,17)/t13-,14-/m0/s1. The number of hydrogen-bond donors (Lipinski definition) is 1. The number of nitrogens with two attached hydrogens (primary N) is 1. The van der Waals surface area contributed by atoms with Gasteiger partial charge in [0.25, 0.3) is 0 Å². The second-order valence-electron chi connectivity index (χ2n) is 6.36. The summed E-state index contributed by atoms with van der Waals surface area (Å²) in [7, 11) is 0. The maximum atomic E-state index is 6.07. The summed E-state index contributed by atoms with van der Waals surface area (Å²) in [5.74, 6) is 3.51. The number of guanidine groups is 1. The van der Waals surface area contributed by atoms with E-state index in [1.54, 1.807) is 0 Å². The number of aliphatic imine (C=N–C) groups is 1. The number of nitrogens with zero attached hydrogens (tertiary/aromatic N) is 2. The van der Waals surface area contributed by atoms with Crippen molar-refractivity contribution in [3.63, 3.8) is 0 Å². The van der Waals surface area contributed by atoms with Gasteiger partial charge in [-0.2, -0.15) is 0 Å². The van der Waals surface area contributed by atoms with Crippen LogP contribution in [0.3, 0.4) is 0 Å². The zero-order valence-corrected chi connectivity index (χ0v) is 11.9. The molecule has 0 unspecified atom stereocenters. The first kappa shape index (κ1) is 13.2. The Balaban J connectivity index is 1.42. The molecule has 3 fully saturated rings. The summed E-state index contributed by atoms with van der Waals surface area (Å²) < 4.78 is 5.33. The Labute approximate surface area is 116 Å². The fourth-order valence-electron chi connectivity index (χ4n) is 3.72. The van der Waals surface area contributed by atoms with Gasteiger partial charge in [0.2, 0.25) is 0 Å². The van der Waals surface area contributed by atoms with E-state index < -0.39 is 0 Å². The van der Waals surface area contributed by atoms with Crippen molar-refractivity contribution in [2.24, 2.45) is 28.5 Å². The molecular formula is C15H27N3O. The molecule has 19 heavy (non-hydrogen) atoms. The van der Waals surface area contributed by atoms with Gasteiger partial charge in [-0.15, -0.1) is 0 Å². The Morgan fingerprint density at radius 3 is 2.63 bits per heavy atom. The number of morpholine rings is 1. The SMILES string of the molecule is NC(=NC[C@@H]1C[C@H]1C1CCCCC1)N1CCOCC1. The molecule has 1 heterocycles. The summed E-state index contributed by atoms with van der Waals surface area (Å²) in [6.45, 7) is 4.30. The predicted octanol–water partition coefficient (Wildman–Crippen LogP) is 1.85. The fourth-order valence-corrected chi connectivity index (χ4v) is 3.72. The van der Waals surface area contributed by atoms with Gasteiger partial charge in [-0.3, -0.25) is 4.99 Å². The van der Waals surface area contributed by atoms with E-state index in [0.717, 1.165) is 56.6 Å². The van der Waals surface area contributed by atoms with Gasteiger partial charge in [0.1, 0.15) is 0 Å². The largest absolute Gasteiger partial charge is 0.378 e. The number of hydrogen-bond acceptors (Lipinski definition) is 2. The highest BCUT2D eigenvalue weighted by Crippen LogP contribution is 2.49. The predicted molar refractivity (Wildman–Crippen MR) is 77.1 cm³/mol. The first-order valence-corrected chi connectivity index (χ1v) is 7.97. The van der Waals surface area contributed by atoms with Crippen LogP contribution in [0.15, 0.2) is 4.99 Å². The van der Waals surface area contributed by atoms with Crippen molar-refractivity contribution in [1.82, 2.24) is 4.90 Å². The minimum atomic E-state index is 0.734. The van der Waals surface area contributed by atoms with Crippen LogP contribution in [0.4, 0.5) is 0 Å². The molecule has 2 N–H and O–H groups in total.